The largest absolute Gasteiger partial charge is 0.477 e. The molecule has 28 heavy (non-hydrogen) atoms. The van der Waals surface area contributed by atoms with E-state index < -0.39 is 11.8 Å². The van der Waals surface area contributed by atoms with Crippen LogP contribution in [0.25, 0.3) is 0 Å². The van der Waals surface area contributed by atoms with Crippen LogP contribution in [0.2, 0.25) is 0 Å². The fourth-order valence-corrected chi connectivity index (χ4v) is 4.02. The Morgan fingerprint density at radius 2 is 1.89 bits per heavy atom. The third-order valence-corrected chi connectivity index (χ3v) is 5.62. The van der Waals surface area contributed by atoms with Crippen molar-refractivity contribution < 1.29 is 24.9 Å². The highest BCUT2D eigenvalue weighted by Gasteiger charge is 2.36. The van der Waals surface area contributed by atoms with Crippen LogP contribution in [0.5, 0.6) is 0 Å². The van der Waals surface area contributed by atoms with Gasteiger partial charge in [0.05, 0.1) is 6.10 Å². The molecule has 1 rings (SSSR count). The molecule has 0 amide bonds. The lowest BCUT2D eigenvalue weighted by molar-refractivity contribution is -0.224. The molecule has 1 aliphatic rings. The van der Waals surface area contributed by atoms with E-state index in [2.05, 4.69) is 32.1 Å². The summed E-state index contributed by atoms with van der Waals surface area (Å²) in [5, 5.41) is 29.4. The van der Waals surface area contributed by atoms with Gasteiger partial charge in [0.1, 0.15) is 0 Å². The second-order valence-corrected chi connectivity index (χ2v) is 8.23. The highest BCUT2D eigenvalue weighted by Crippen LogP contribution is 2.37. The first kappa shape index (κ1) is 24.9. The van der Waals surface area contributed by atoms with Crippen molar-refractivity contribution in [2.24, 2.45) is 11.8 Å². The monoisotopic (exact) mass is 396 g/mol. The van der Waals surface area contributed by atoms with Gasteiger partial charge in [0.25, 0.3) is 5.79 Å². The lowest BCUT2D eigenvalue weighted by atomic mass is 9.88. The van der Waals surface area contributed by atoms with E-state index in [9.17, 15) is 15.0 Å². The first-order valence-electron chi connectivity index (χ1n) is 10.9. The summed E-state index contributed by atoms with van der Waals surface area (Å²) in [5.74, 6) is -2.66. The Bertz CT molecular complexity index is 509. The van der Waals surface area contributed by atoms with Crippen molar-refractivity contribution in [3.05, 3.63) is 23.8 Å². The molecule has 0 heterocycles. The highest BCUT2D eigenvalue weighted by molar-refractivity contribution is 5.75. The van der Waals surface area contributed by atoms with Crippen LogP contribution in [0.1, 0.15) is 85.0 Å². The lowest BCUT2D eigenvalue weighted by Crippen LogP contribution is -2.41. The number of unbranched alkanes of at least 4 members (excludes halogenated alkanes) is 4. The number of carboxylic acids is 1. The molecule has 5 heteroatoms. The molecular weight excluding hydrogens is 356 g/mol. The maximum Gasteiger partial charge on any atom is 0.364 e. The summed E-state index contributed by atoms with van der Waals surface area (Å²) in [7, 11) is 0. The molecule has 0 saturated heterocycles. The summed E-state index contributed by atoms with van der Waals surface area (Å²) in [4.78, 5) is 11.2. The third kappa shape index (κ3) is 8.89. The third-order valence-electron chi connectivity index (χ3n) is 5.62. The van der Waals surface area contributed by atoms with E-state index in [1.165, 1.54) is 5.57 Å². The number of ether oxygens (including phenoxy) is 1. The average molecular weight is 397 g/mol. The van der Waals surface area contributed by atoms with Crippen molar-refractivity contribution in [3.8, 4) is 0 Å². The minimum atomic E-state index is -2.07. The standard InChI is InChI=1S/C23H40O5/c1-4-28-23(27,22(25)26)17-11-7-10-14-20-19(15-16-21(20)24)13-9-6-5-8-12-18(2)3/h9,12-13,19-21,24,27H,4-8,10-11,14-17H2,1-3H3,(H,25,26)/t19-,20+,21-,23?/m0/s1. The summed E-state index contributed by atoms with van der Waals surface area (Å²) in [6.07, 6.45) is 15.2. The average Bonchev–Trinajstić information content (AvgIpc) is 2.97. The number of hydrogen-bond donors (Lipinski definition) is 3. The Kier molecular flexibility index (Phi) is 11.7. The topological polar surface area (TPSA) is 87.0 Å². The van der Waals surface area contributed by atoms with Crippen molar-refractivity contribution in [2.45, 2.75) is 96.9 Å². The molecule has 0 spiro atoms. The van der Waals surface area contributed by atoms with Gasteiger partial charge in [-0.25, -0.2) is 4.79 Å². The molecule has 3 N–H and O–H groups in total. The van der Waals surface area contributed by atoms with Gasteiger partial charge in [-0.3, -0.25) is 0 Å². The fraction of sp³-hybridized carbons (Fsp3) is 0.783. The number of allylic oxidation sites excluding steroid dienone is 4. The Hall–Kier alpha value is -1.17. The molecule has 0 radical (unpaired) electrons. The molecule has 1 aliphatic carbocycles. The van der Waals surface area contributed by atoms with Gasteiger partial charge < -0.3 is 20.1 Å². The van der Waals surface area contributed by atoms with Gasteiger partial charge >= 0.3 is 5.97 Å². The molecule has 0 aliphatic heterocycles. The van der Waals surface area contributed by atoms with Crippen LogP contribution in [-0.4, -0.2) is 39.8 Å². The molecule has 162 valence electrons. The predicted octanol–water partition coefficient (Wildman–Crippen LogP) is 4.83. The van der Waals surface area contributed by atoms with Crippen LogP contribution in [0.15, 0.2) is 23.8 Å². The van der Waals surface area contributed by atoms with Crippen LogP contribution in [-0.2, 0) is 9.53 Å². The minimum absolute atomic E-state index is 0.0956. The summed E-state index contributed by atoms with van der Waals surface area (Å²) < 4.78 is 4.99. The summed E-state index contributed by atoms with van der Waals surface area (Å²) >= 11 is 0. The van der Waals surface area contributed by atoms with Crippen LogP contribution in [0, 0.1) is 11.8 Å². The molecule has 1 saturated carbocycles. The maximum absolute atomic E-state index is 11.2. The minimum Gasteiger partial charge on any atom is -0.477 e. The number of carboxylic acid groups (broad SMARTS) is 1. The van der Waals surface area contributed by atoms with Crippen LogP contribution in [0.3, 0.4) is 0 Å². The van der Waals surface area contributed by atoms with Gasteiger partial charge in [-0.15, -0.1) is 0 Å². The predicted molar refractivity (Wildman–Crippen MR) is 112 cm³/mol. The van der Waals surface area contributed by atoms with Gasteiger partial charge in [-0.1, -0.05) is 36.6 Å². The zero-order chi connectivity index (χ0) is 21.0. The quantitative estimate of drug-likeness (QED) is 0.222. The van der Waals surface area contributed by atoms with Gasteiger partial charge in [-0.05, 0) is 77.6 Å². The number of hydrogen-bond acceptors (Lipinski definition) is 4. The van der Waals surface area contributed by atoms with Crippen molar-refractivity contribution >= 4 is 5.97 Å². The second-order valence-electron chi connectivity index (χ2n) is 8.23. The van der Waals surface area contributed by atoms with Gasteiger partial charge in [0.2, 0.25) is 0 Å². The van der Waals surface area contributed by atoms with Crippen LogP contribution < -0.4 is 0 Å². The zero-order valence-corrected chi connectivity index (χ0v) is 17.9. The lowest BCUT2D eigenvalue weighted by Gasteiger charge is -2.23. The summed E-state index contributed by atoms with van der Waals surface area (Å²) in [6.45, 7) is 6.09. The van der Waals surface area contributed by atoms with E-state index in [-0.39, 0.29) is 19.1 Å². The van der Waals surface area contributed by atoms with Crippen LogP contribution >= 0.6 is 0 Å². The molecule has 1 fully saturated rings. The summed E-state index contributed by atoms with van der Waals surface area (Å²) in [5.41, 5.74) is 1.37. The van der Waals surface area contributed by atoms with Gasteiger partial charge in [0, 0.05) is 13.0 Å². The number of aliphatic hydroxyl groups excluding tert-OH is 1. The second kappa shape index (κ2) is 13.1. The molecule has 0 aromatic heterocycles. The van der Waals surface area contributed by atoms with Crippen molar-refractivity contribution in [1.82, 2.24) is 0 Å². The van der Waals surface area contributed by atoms with Crippen molar-refractivity contribution in [1.29, 1.82) is 0 Å². The SMILES string of the molecule is CCOC(O)(CCCCC[C@H]1[C@@H](O)CC[C@@H]1C=CCCCC=C(C)C)C(=O)O. The van der Waals surface area contributed by atoms with E-state index >= 15 is 0 Å². The Labute approximate surface area is 170 Å². The van der Waals surface area contributed by atoms with E-state index in [4.69, 9.17) is 9.84 Å². The van der Waals surface area contributed by atoms with Crippen LogP contribution in [0.4, 0.5) is 0 Å². The highest BCUT2D eigenvalue weighted by atomic mass is 16.6. The number of aliphatic hydroxyl groups is 2. The molecule has 4 atom stereocenters. The Morgan fingerprint density at radius 1 is 1.14 bits per heavy atom. The maximum atomic E-state index is 11.2. The van der Waals surface area contributed by atoms with Crippen molar-refractivity contribution in [3.63, 3.8) is 0 Å². The fourth-order valence-electron chi connectivity index (χ4n) is 4.02. The molecule has 5 nitrogen and oxygen atoms in total. The molecule has 0 bridgehead atoms. The van der Waals surface area contributed by atoms with E-state index in [1.54, 1.807) is 6.92 Å². The Morgan fingerprint density at radius 3 is 2.54 bits per heavy atom. The summed E-state index contributed by atoms with van der Waals surface area (Å²) in [6, 6.07) is 0. The van der Waals surface area contributed by atoms with E-state index in [1.807, 2.05) is 0 Å². The molecular formula is C23H40O5. The van der Waals surface area contributed by atoms with E-state index in [0.717, 1.165) is 51.4 Å². The van der Waals surface area contributed by atoms with E-state index in [0.29, 0.717) is 18.3 Å². The number of rotatable bonds is 14. The number of aliphatic carboxylic acids is 1. The first-order chi connectivity index (χ1) is 13.3. The molecule has 1 unspecified atom stereocenters. The number of carbonyl (C=O) groups is 1. The first-order valence-corrected chi connectivity index (χ1v) is 10.9. The van der Waals surface area contributed by atoms with Gasteiger partial charge in [-0.2, -0.15) is 0 Å². The molecule has 0 aromatic carbocycles. The van der Waals surface area contributed by atoms with Crippen molar-refractivity contribution in [2.75, 3.05) is 6.61 Å². The molecule has 0 aromatic rings. The smallest absolute Gasteiger partial charge is 0.364 e. The normalized spacial score (nSPS) is 24.4. The zero-order valence-electron chi connectivity index (χ0n) is 17.9. The Balaban J connectivity index is 2.32. The van der Waals surface area contributed by atoms with Gasteiger partial charge in [0.15, 0.2) is 0 Å².